The fourth-order valence-corrected chi connectivity index (χ4v) is 2.41. The van der Waals surface area contributed by atoms with Crippen molar-refractivity contribution in [1.29, 1.82) is 0 Å². The van der Waals surface area contributed by atoms with Gasteiger partial charge in [0.1, 0.15) is 0 Å². The molecule has 0 saturated heterocycles. The molecule has 0 aliphatic rings. The lowest BCUT2D eigenvalue weighted by Crippen LogP contribution is -2.48. The van der Waals surface area contributed by atoms with Gasteiger partial charge in [0.15, 0.2) is 6.86 Å². The monoisotopic (exact) mass is 218 g/mol. The molecule has 3 nitrogen and oxygen atoms in total. The van der Waals surface area contributed by atoms with Crippen LogP contribution >= 0.6 is 0 Å². The van der Waals surface area contributed by atoms with Gasteiger partial charge in [0, 0.05) is 20.1 Å². The summed E-state index contributed by atoms with van der Waals surface area (Å²) in [4.78, 5) is 0. The zero-order chi connectivity index (χ0) is 10.5. The molecule has 0 spiro atoms. The van der Waals surface area contributed by atoms with Crippen molar-refractivity contribution in [2.24, 2.45) is 0 Å². The molecular weight excluding hydrogens is 205 g/mol. The van der Waals surface area contributed by atoms with Gasteiger partial charge in [-0.05, 0) is 0 Å². The standard InChI is InChI=1S/C6H13F3O3Si/c1-4-13(10-3,11-5-7)12-6(2,8)9/h4-5H2,1-3H3. The second-order valence-corrected chi connectivity index (χ2v) is 5.38. The first-order valence-electron chi connectivity index (χ1n) is 3.72. The van der Waals surface area contributed by atoms with Crippen LogP contribution < -0.4 is 0 Å². The lowest BCUT2D eigenvalue weighted by atomic mass is 10.8. The van der Waals surface area contributed by atoms with E-state index in [0.29, 0.717) is 6.92 Å². The van der Waals surface area contributed by atoms with Crippen molar-refractivity contribution in [3.63, 3.8) is 0 Å². The van der Waals surface area contributed by atoms with Crippen LogP contribution in [0, 0.1) is 0 Å². The number of hydrogen-bond acceptors (Lipinski definition) is 3. The maximum absolute atomic E-state index is 12.4. The average molecular weight is 218 g/mol. The van der Waals surface area contributed by atoms with Gasteiger partial charge in [-0.15, -0.1) is 0 Å². The molecule has 1 atom stereocenters. The molecule has 0 N–H and O–H groups in total. The van der Waals surface area contributed by atoms with Gasteiger partial charge in [0.25, 0.3) is 0 Å². The van der Waals surface area contributed by atoms with E-state index in [2.05, 4.69) is 13.3 Å². The minimum absolute atomic E-state index is 0.0941. The van der Waals surface area contributed by atoms with E-state index >= 15 is 0 Å². The average Bonchev–Trinajstić information content (AvgIpc) is 2.01. The van der Waals surface area contributed by atoms with Gasteiger partial charge < -0.3 is 13.3 Å². The third-order valence-corrected chi connectivity index (χ3v) is 4.06. The highest BCUT2D eigenvalue weighted by Crippen LogP contribution is 2.24. The van der Waals surface area contributed by atoms with E-state index in [0.717, 1.165) is 7.11 Å². The van der Waals surface area contributed by atoms with E-state index in [1.165, 1.54) is 6.92 Å². The summed E-state index contributed by atoms with van der Waals surface area (Å²) in [6.45, 7) is 0.909. The van der Waals surface area contributed by atoms with E-state index in [9.17, 15) is 13.2 Å². The van der Waals surface area contributed by atoms with E-state index in [1.807, 2.05) is 0 Å². The highest BCUT2D eigenvalue weighted by molar-refractivity contribution is 6.60. The second kappa shape index (κ2) is 4.94. The minimum atomic E-state index is -3.50. The Morgan fingerprint density at radius 3 is 2.15 bits per heavy atom. The van der Waals surface area contributed by atoms with Crippen LogP contribution in [0.2, 0.25) is 6.04 Å². The molecule has 0 aromatic rings. The molecule has 0 aromatic carbocycles. The normalized spacial score (nSPS) is 17.1. The van der Waals surface area contributed by atoms with Crippen LogP contribution in [0.5, 0.6) is 0 Å². The molecule has 7 heteroatoms. The molecule has 80 valence electrons. The molecule has 13 heavy (non-hydrogen) atoms. The molecule has 0 radical (unpaired) electrons. The molecule has 0 aromatic heterocycles. The summed E-state index contributed by atoms with van der Waals surface area (Å²) in [5.41, 5.74) is 0. The van der Waals surface area contributed by atoms with Crippen LogP contribution in [0.3, 0.4) is 0 Å². The maximum Gasteiger partial charge on any atom is 0.506 e. The first-order chi connectivity index (χ1) is 5.89. The first-order valence-corrected chi connectivity index (χ1v) is 5.65. The van der Waals surface area contributed by atoms with Gasteiger partial charge in [-0.1, -0.05) is 6.92 Å². The highest BCUT2D eigenvalue weighted by atomic mass is 28.4. The predicted octanol–water partition coefficient (Wildman–Crippen LogP) is 2.16. The molecule has 0 fully saturated rings. The summed E-state index contributed by atoms with van der Waals surface area (Å²) >= 11 is 0. The summed E-state index contributed by atoms with van der Waals surface area (Å²) in [6.07, 6.45) is -3.37. The minimum Gasteiger partial charge on any atom is -0.377 e. The topological polar surface area (TPSA) is 27.7 Å². The SMILES string of the molecule is CC[Si](OC)(OCF)OC(C)(F)F. The van der Waals surface area contributed by atoms with Gasteiger partial charge in [-0.2, -0.15) is 8.78 Å². The van der Waals surface area contributed by atoms with Crippen LogP contribution in [0.15, 0.2) is 0 Å². The van der Waals surface area contributed by atoms with Crippen LogP contribution in [-0.4, -0.2) is 28.9 Å². The Labute approximate surface area is 76.2 Å². The molecule has 0 saturated carbocycles. The van der Waals surface area contributed by atoms with Crippen molar-refractivity contribution in [2.45, 2.75) is 26.0 Å². The lowest BCUT2D eigenvalue weighted by Gasteiger charge is -2.28. The summed E-state index contributed by atoms with van der Waals surface area (Å²) < 4.78 is 50.1. The van der Waals surface area contributed by atoms with Gasteiger partial charge in [-0.3, -0.25) is 0 Å². The fraction of sp³-hybridized carbons (Fsp3) is 1.00. The smallest absolute Gasteiger partial charge is 0.377 e. The quantitative estimate of drug-likeness (QED) is 0.639. The van der Waals surface area contributed by atoms with Crippen LogP contribution in [-0.2, 0) is 13.3 Å². The Morgan fingerprint density at radius 2 is 1.92 bits per heavy atom. The molecule has 1 unspecified atom stereocenters. The molecule has 0 aliphatic carbocycles. The second-order valence-electron chi connectivity index (χ2n) is 2.40. The third-order valence-electron chi connectivity index (χ3n) is 1.35. The number of halogens is 3. The fourth-order valence-electron chi connectivity index (χ4n) is 0.805. The van der Waals surface area contributed by atoms with Crippen LogP contribution in [0.25, 0.3) is 0 Å². The number of alkyl halides is 3. The third kappa shape index (κ3) is 4.60. The summed E-state index contributed by atoms with van der Waals surface area (Å²) in [5.74, 6) is 0. The van der Waals surface area contributed by atoms with Crippen molar-refractivity contribution in [3.05, 3.63) is 0 Å². The molecule has 0 aliphatic heterocycles. The Hall–Kier alpha value is -0.113. The first kappa shape index (κ1) is 12.9. The molecule has 0 heterocycles. The summed E-state index contributed by atoms with van der Waals surface area (Å²) in [7, 11) is -2.34. The maximum atomic E-state index is 12.4. The zero-order valence-corrected chi connectivity index (χ0v) is 8.77. The van der Waals surface area contributed by atoms with Crippen molar-refractivity contribution in [2.75, 3.05) is 14.0 Å². The van der Waals surface area contributed by atoms with E-state index in [1.54, 1.807) is 0 Å². The predicted molar refractivity (Wildman–Crippen MR) is 42.0 cm³/mol. The largest absolute Gasteiger partial charge is 0.506 e. The van der Waals surface area contributed by atoms with Crippen LogP contribution in [0.1, 0.15) is 13.8 Å². The Balaban J connectivity index is 4.38. The Kier molecular flexibility index (Phi) is 4.90. The van der Waals surface area contributed by atoms with Gasteiger partial charge >= 0.3 is 14.9 Å². The molecule has 0 bridgehead atoms. The van der Waals surface area contributed by atoms with Crippen molar-refractivity contribution < 1.29 is 26.4 Å². The Morgan fingerprint density at radius 1 is 1.38 bits per heavy atom. The molecule has 0 amide bonds. The number of rotatable bonds is 6. The van der Waals surface area contributed by atoms with E-state index < -0.39 is 21.8 Å². The van der Waals surface area contributed by atoms with Crippen molar-refractivity contribution >= 4 is 8.80 Å². The van der Waals surface area contributed by atoms with E-state index in [4.69, 9.17) is 0 Å². The van der Waals surface area contributed by atoms with Crippen molar-refractivity contribution in [3.8, 4) is 0 Å². The van der Waals surface area contributed by atoms with Gasteiger partial charge in [0.05, 0.1) is 0 Å². The van der Waals surface area contributed by atoms with E-state index in [-0.39, 0.29) is 6.04 Å². The lowest BCUT2D eigenvalue weighted by molar-refractivity contribution is -0.194. The van der Waals surface area contributed by atoms with Crippen LogP contribution in [0.4, 0.5) is 13.2 Å². The highest BCUT2D eigenvalue weighted by Gasteiger charge is 2.45. The van der Waals surface area contributed by atoms with Gasteiger partial charge in [-0.25, -0.2) is 4.39 Å². The zero-order valence-electron chi connectivity index (χ0n) is 7.77. The molecular formula is C6H13F3O3Si. The summed E-state index contributed by atoms with van der Waals surface area (Å²) in [6, 6.07) is 0.0941. The van der Waals surface area contributed by atoms with Crippen molar-refractivity contribution in [1.82, 2.24) is 0 Å². The Bertz CT molecular complexity index is 147. The van der Waals surface area contributed by atoms with Gasteiger partial charge in [0.2, 0.25) is 0 Å². The number of hydrogen-bond donors (Lipinski definition) is 0. The molecule has 0 rings (SSSR count). The summed E-state index contributed by atoms with van der Waals surface area (Å²) in [5, 5.41) is 0.